The van der Waals surface area contributed by atoms with Crippen LogP contribution >= 0.6 is 0 Å². The van der Waals surface area contributed by atoms with E-state index in [1.807, 2.05) is 31.2 Å². The Balaban J connectivity index is 1.87. The van der Waals surface area contributed by atoms with Crippen LogP contribution in [-0.2, 0) is 25.3 Å². The number of nitrogens with zero attached hydrogens (tertiary/aromatic N) is 1. The number of methoxy groups -OCH3 is 1. The van der Waals surface area contributed by atoms with Crippen LogP contribution in [0, 0.1) is 12.8 Å². The molecule has 134 valence electrons. The second-order valence-electron chi connectivity index (χ2n) is 6.20. The average Bonchev–Trinajstić information content (AvgIpc) is 2.55. The van der Waals surface area contributed by atoms with Gasteiger partial charge >= 0.3 is 0 Å². The number of carbonyl (C=O) groups is 1. The lowest BCUT2D eigenvalue weighted by Crippen LogP contribution is -2.43. The molecule has 0 atom stereocenters. The molecule has 1 heterocycles. The first-order valence-corrected chi connectivity index (χ1v) is 9.83. The van der Waals surface area contributed by atoms with Gasteiger partial charge in [-0.2, -0.15) is 0 Å². The van der Waals surface area contributed by atoms with Crippen molar-refractivity contribution in [2.75, 3.05) is 33.4 Å². The number of amides is 1. The van der Waals surface area contributed by atoms with E-state index >= 15 is 0 Å². The van der Waals surface area contributed by atoms with Gasteiger partial charge in [0.1, 0.15) is 0 Å². The van der Waals surface area contributed by atoms with Crippen LogP contribution in [0.1, 0.15) is 24.0 Å². The molecule has 1 aliphatic heterocycles. The van der Waals surface area contributed by atoms with Crippen LogP contribution in [0.5, 0.6) is 0 Å². The highest BCUT2D eigenvalue weighted by molar-refractivity contribution is 7.88. The van der Waals surface area contributed by atoms with Crippen molar-refractivity contribution in [3.8, 4) is 0 Å². The zero-order valence-electron chi connectivity index (χ0n) is 14.3. The maximum absolute atomic E-state index is 12.6. The molecule has 1 saturated heterocycles. The summed E-state index contributed by atoms with van der Waals surface area (Å²) in [5, 5.41) is 2.82. The van der Waals surface area contributed by atoms with E-state index in [2.05, 4.69) is 5.32 Å². The zero-order chi connectivity index (χ0) is 17.6. The van der Waals surface area contributed by atoms with Crippen LogP contribution < -0.4 is 5.32 Å². The van der Waals surface area contributed by atoms with Gasteiger partial charge in [0, 0.05) is 32.7 Å². The fourth-order valence-electron chi connectivity index (χ4n) is 2.92. The first-order chi connectivity index (χ1) is 11.4. The molecule has 1 aliphatic rings. The van der Waals surface area contributed by atoms with E-state index in [1.165, 1.54) is 4.31 Å². The fourth-order valence-corrected chi connectivity index (χ4v) is 4.47. The predicted octanol–water partition coefficient (Wildman–Crippen LogP) is 1.30. The molecule has 1 fully saturated rings. The highest BCUT2D eigenvalue weighted by Gasteiger charge is 2.30. The topological polar surface area (TPSA) is 75.7 Å². The highest BCUT2D eigenvalue weighted by Crippen LogP contribution is 2.22. The van der Waals surface area contributed by atoms with Crippen molar-refractivity contribution < 1.29 is 17.9 Å². The first-order valence-electron chi connectivity index (χ1n) is 8.22. The Kier molecular flexibility index (Phi) is 6.77. The third-order valence-electron chi connectivity index (χ3n) is 4.26. The van der Waals surface area contributed by atoms with Crippen LogP contribution in [0.15, 0.2) is 24.3 Å². The Bertz CT molecular complexity index is 652. The maximum atomic E-state index is 12.6. The lowest BCUT2D eigenvalue weighted by atomic mass is 9.97. The van der Waals surface area contributed by atoms with Gasteiger partial charge in [0.2, 0.25) is 15.9 Å². The third kappa shape index (κ3) is 5.29. The number of carbonyl (C=O) groups excluding carboxylic acids is 1. The minimum Gasteiger partial charge on any atom is -0.383 e. The summed E-state index contributed by atoms with van der Waals surface area (Å²) in [4.78, 5) is 12.0. The normalized spacial score (nSPS) is 16.9. The summed E-state index contributed by atoms with van der Waals surface area (Å²) in [5.41, 5.74) is 1.85. The molecular formula is C17H26N2O4S. The summed E-state index contributed by atoms with van der Waals surface area (Å²) in [5.74, 6) is -0.116. The van der Waals surface area contributed by atoms with E-state index in [0.717, 1.165) is 11.1 Å². The first kappa shape index (κ1) is 18.9. The van der Waals surface area contributed by atoms with Crippen LogP contribution in [0.2, 0.25) is 0 Å². The number of benzene rings is 1. The van der Waals surface area contributed by atoms with Crippen LogP contribution in [0.4, 0.5) is 0 Å². The number of ether oxygens (including phenoxy) is 1. The molecule has 1 aromatic carbocycles. The molecule has 1 amide bonds. The Labute approximate surface area is 144 Å². The largest absolute Gasteiger partial charge is 0.383 e. The molecule has 1 N–H and O–H groups in total. The van der Waals surface area contributed by atoms with Gasteiger partial charge in [0.15, 0.2) is 0 Å². The molecule has 24 heavy (non-hydrogen) atoms. The number of aryl methyl sites for hydroxylation is 1. The Morgan fingerprint density at radius 1 is 1.33 bits per heavy atom. The van der Waals surface area contributed by atoms with Crippen LogP contribution in [0.25, 0.3) is 0 Å². The van der Waals surface area contributed by atoms with Gasteiger partial charge in [-0.3, -0.25) is 4.79 Å². The van der Waals surface area contributed by atoms with E-state index in [1.54, 1.807) is 7.11 Å². The number of piperidine rings is 1. The minimum atomic E-state index is -3.34. The Morgan fingerprint density at radius 3 is 2.67 bits per heavy atom. The number of rotatable bonds is 7. The number of nitrogens with one attached hydrogen (secondary N) is 1. The third-order valence-corrected chi connectivity index (χ3v) is 6.11. The zero-order valence-corrected chi connectivity index (χ0v) is 15.1. The van der Waals surface area contributed by atoms with Crippen molar-refractivity contribution in [2.24, 2.45) is 5.92 Å². The number of hydrogen-bond acceptors (Lipinski definition) is 4. The Morgan fingerprint density at radius 2 is 2.04 bits per heavy atom. The molecule has 0 saturated carbocycles. The van der Waals surface area contributed by atoms with E-state index in [4.69, 9.17) is 4.74 Å². The highest BCUT2D eigenvalue weighted by atomic mass is 32.2. The summed E-state index contributed by atoms with van der Waals surface area (Å²) < 4.78 is 31.5. The lowest BCUT2D eigenvalue weighted by Gasteiger charge is -2.30. The molecule has 7 heteroatoms. The lowest BCUT2D eigenvalue weighted by molar-refractivity contribution is -0.126. The van der Waals surface area contributed by atoms with E-state index in [9.17, 15) is 13.2 Å². The smallest absolute Gasteiger partial charge is 0.223 e. The predicted molar refractivity (Wildman–Crippen MR) is 93.0 cm³/mol. The van der Waals surface area contributed by atoms with Crippen LogP contribution in [-0.4, -0.2) is 52.0 Å². The molecule has 1 aromatic rings. The summed E-state index contributed by atoms with van der Waals surface area (Å²) in [6.45, 7) is 3.72. The molecular weight excluding hydrogens is 328 g/mol. The molecule has 0 unspecified atom stereocenters. The monoisotopic (exact) mass is 354 g/mol. The molecule has 0 aromatic heterocycles. The van der Waals surface area contributed by atoms with Crippen molar-refractivity contribution in [1.29, 1.82) is 0 Å². The molecule has 6 nitrogen and oxygen atoms in total. The van der Waals surface area contributed by atoms with Gasteiger partial charge in [-0.15, -0.1) is 0 Å². The summed E-state index contributed by atoms with van der Waals surface area (Å²) in [7, 11) is -1.75. The van der Waals surface area contributed by atoms with Crippen molar-refractivity contribution in [1.82, 2.24) is 9.62 Å². The Hall–Kier alpha value is -1.44. The minimum absolute atomic E-state index is 0.0113. The van der Waals surface area contributed by atoms with Gasteiger partial charge in [-0.05, 0) is 25.3 Å². The second kappa shape index (κ2) is 8.60. The van der Waals surface area contributed by atoms with Crippen molar-refractivity contribution >= 4 is 15.9 Å². The SMILES string of the molecule is COCCNC(=O)C1CCN(S(=O)(=O)Cc2cccc(C)c2)CC1. The van der Waals surface area contributed by atoms with E-state index in [-0.39, 0.29) is 17.6 Å². The van der Waals surface area contributed by atoms with Crippen molar-refractivity contribution in [3.63, 3.8) is 0 Å². The van der Waals surface area contributed by atoms with Gasteiger partial charge in [-0.1, -0.05) is 29.8 Å². The summed E-state index contributed by atoms with van der Waals surface area (Å²) in [6.07, 6.45) is 1.12. The van der Waals surface area contributed by atoms with Gasteiger partial charge in [0.05, 0.1) is 12.4 Å². The van der Waals surface area contributed by atoms with Crippen molar-refractivity contribution in [3.05, 3.63) is 35.4 Å². The standard InChI is InChI=1S/C17H26N2O4S/c1-14-4-3-5-15(12-14)13-24(21,22)19-9-6-16(7-10-19)17(20)18-8-11-23-2/h3-5,12,16H,6-11,13H2,1-2H3,(H,18,20). The van der Waals surface area contributed by atoms with Gasteiger partial charge < -0.3 is 10.1 Å². The molecule has 0 radical (unpaired) electrons. The average molecular weight is 354 g/mol. The quantitative estimate of drug-likeness (QED) is 0.749. The molecule has 0 spiro atoms. The van der Waals surface area contributed by atoms with Crippen LogP contribution in [0.3, 0.4) is 0 Å². The fraction of sp³-hybridized carbons (Fsp3) is 0.588. The number of hydrogen-bond donors (Lipinski definition) is 1. The van der Waals surface area contributed by atoms with Gasteiger partial charge in [-0.25, -0.2) is 12.7 Å². The maximum Gasteiger partial charge on any atom is 0.223 e. The van der Waals surface area contributed by atoms with Gasteiger partial charge in [0.25, 0.3) is 0 Å². The summed E-state index contributed by atoms with van der Waals surface area (Å²) >= 11 is 0. The van der Waals surface area contributed by atoms with E-state index < -0.39 is 10.0 Å². The molecule has 0 aliphatic carbocycles. The number of sulfonamides is 1. The van der Waals surface area contributed by atoms with E-state index in [0.29, 0.717) is 39.1 Å². The molecule has 0 bridgehead atoms. The summed E-state index contributed by atoms with van der Waals surface area (Å²) in [6, 6.07) is 7.55. The second-order valence-corrected chi connectivity index (χ2v) is 8.17. The van der Waals surface area contributed by atoms with Crippen molar-refractivity contribution in [2.45, 2.75) is 25.5 Å². The molecule has 2 rings (SSSR count).